The first-order valence-corrected chi connectivity index (χ1v) is 3.93. The van der Waals surface area contributed by atoms with Crippen LogP contribution in [0, 0.1) is 16.7 Å². The van der Waals surface area contributed by atoms with Crippen molar-refractivity contribution in [3.63, 3.8) is 0 Å². The first-order valence-electron chi connectivity index (χ1n) is 3.93. The number of hydrogen-bond acceptors (Lipinski definition) is 1. The Morgan fingerprint density at radius 3 is 2.78 bits per heavy atom. The van der Waals surface area contributed by atoms with E-state index in [9.17, 15) is 0 Å². The molecule has 4 fully saturated rings. The molecular weight excluding hydrogens is 112 g/mol. The Bertz CT molecular complexity index is 221. The molecule has 0 N–H and O–H groups in total. The standard InChI is InChI=1S/C8H10O/c1-7-3-8(7)2-4(7)5-6(8)9-5/h4-6H,2-3H2,1H3/t4-,5?,6?,7?,8?/m0/s1. The summed E-state index contributed by atoms with van der Waals surface area (Å²) in [6.45, 7) is 2.46. The van der Waals surface area contributed by atoms with Crippen molar-refractivity contribution in [1.29, 1.82) is 0 Å². The Kier molecular flexibility index (Phi) is 0.296. The molecule has 0 aromatic carbocycles. The van der Waals surface area contributed by atoms with Gasteiger partial charge in [0.05, 0.1) is 12.2 Å². The summed E-state index contributed by atoms with van der Waals surface area (Å²) in [7, 11) is 0. The molecule has 3 aliphatic carbocycles. The number of epoxide rings is 1. The summed E-state index contributed by atoms with van der Waals surface area (Å²) in [5.74, 6) is 0.988. The molecule has 0 aromatic rings. The van der Waals surface area contributed by atoms with Gasteiger partial charge in [0, 0.05) is 5.41 Å². The van der Waals surface area contributed by atoms with Crippen LogP contribution in [-0.2, 0) is 4.74 Å². The molecule has 1 nitrogen and oxygen atoms in total. The predicted molar refractivity (Wildman–Crippen MR) is 31.9 cm³/mol. The summed E-state index contributed by atoms with van der Waals surface area (Å²) in [4.78, 5) is 0. The van der Waals surface area contributed by atoms with Gasteiger partial charge < -0.3 is 4.74 Å². The van der Waals surface area contributed by atoms with Crippen LogP contribution in [0.5, 0.6) is 0 Å². The lowest BCUT2D eigenvalue weighted by atomic mass is 9.72. The molecule has 4 rings (SSSR count). The molecule has 9 heavy (non-hydrogen) atoms. The maximum absolute atomic E-state index is 5.52. The highest BCUT2D eigenvalue weighted by Crippen LogP contribution is 2.92. The second-order valence-electron chi connectivity index (χ2n) is 4.58. The van der Waals surface area contributed by atoms with Crippen LogP contribution in [0.4, 0.5) is 0 Å². The average molecular weight is 122 g/mol. The fourth-order valence-corrected chi connectivity index (χ4v) is 3.80. The Morgan fingerprint density at radius 2 is 2.44 bits per heavy atom. The highest BCUT2D eigenvalue weighted by atomic mass is 16.6. The zero-order valence-corrected chi connectivity index (χ0v) is 5.55. The number of rotatable bonds is 0. The van der Waals surface area contributed by atoms with Gasteiger partial charge in [-0.05, 0) is 24.2 Å². The minimum absolute atomic E-state index is 0.740. The van der Waals surface area contributed by atoms with Gasteiger partial charge in [-0.25, -0.2) is 0 Å². The van der Waals surface area contributed by atoms with Crippen molar-refractivity contribution >= 4 is 0 Å². The Morgan fingerprint density at radius 1 is 1.56 bits per heavy atom. The number of ether oxygens (including phenoxy) is 1. The molecule has 0 radical (unpaired) electrons. The highest BCUT2D eigenvalue weighted by molar-refractivity contribution is 5.40. The van der Waals surface area contributed by atoms with Gasteiger partial charge in [0.2, 0.25) is 0 Å². The molecule has 4 aliphatic rings. The van der Waals surface area contributed by atoms with Crippen LogP contribution in [0.1, 0.15) is 19.8 Å². The minimum Gasteiger partial charge on any atom is -0.369 e. The third kappa shape index (κ3) is 0.177. The minimum atomic E-state index is 0.740. The highest BCUT2D eigenvalue weighted by Gasteiger charge is 2.92. The first kappa shape index (κ1) is 3.97. The topological polar surface area (TPSA) is 12.5 Å². The molecule has 1 heteroatoms. The van der Waals surface area contributed by atoms with E-state index in [2.05, 4.69) is 6.92 Å². The lowest BCUT2D eigenvalue weighted by molar-refractivity contribution is 0.0453. The molecule has 0 amide bonds. The zero-order valence-electron chi connectivity index (χ0n) is 5.55. The van der Waals surface area contributed by atoms with Crippen molar-refractivity contribution in [2.24, 2.45) is 16.7 Å². The van der Waals surface area contributed by atoms with Crippen LogP contribution in [0.3, 0.4) is 0 Å². The fraction of sp³-hybridized carbons (Fsp3) is 1.00. The average Bonchev–Trinajstić information content (AvgIpc) is 2.61. The van der Waals surface area contributed by atoms with Gasteiger partial charge in [-0.3, -0.25) is 0 Å². The molecule has 2 bridgehead atoms. The van der Waals surface area contributed by atoms with Crippen LogP contribution < -0.4 is 0 Å². The van der Waals surface area contributed by atoms with Crippen molar-refractivity contribution < 1.29 is 4.74 Å². The summed E-state index contributed by atoms with van der Waals surface area (Å²) in [5.41, 5.74) is 1.54. The third-order valence-corrected chi connectivity index (χ3v) is 4.56. The van der Waals surface area contributed by atoms with Gasteiger partial charge in [0.1, 0.15) is 0 Å². The molecule has 1 heterocycles. The van der Waals surface area contributed by atoms with E-state index in [1.807, 2.05) is 0 Å². The van der Waals surface area contributed by atoms with Gasteiger partial charge in [-0.2, -0.15) is 0 Å². The summed E-state index contributed by atoms with van der Waals surface area (Å²) in [5, 5.41) is 0. The second-order valence-corrected chi connectivity index (χ2v) is 4.58. The van der Waals surface area contributed by atoms with Gasteiger partial charge in [-0.15, -0.1) is 0 Å². The molecule has 1 saturated heterocycles. The van der Waals surface area contributed by atoms with Crippen LogP contribution in [-0.4, -0.2) is 12.2 Å². The van der Waals surface area contributed by atoms with Crippen LogP contribution in [0.2, 0.25) is 0 Å². The first-order chi connectivity index (χ1) is 4.28. The van der Waals surface area contributed by atoms with Crippen molar-refractivity contribution in [3.05, 3.63) is 0 Å². The fourth-order valence-electron chi connectivity index (χ4n) is 3.80. The molecule has 1 aliphatic heterocycles. The summed E-state index contributed by atoms with van der Waals surface area (Å²) < 4.78 is 5.52. The van der Waals surface area contributed by atoms with E-state index in [4.69, 9.17) is 4.74 Å². The summed E-state index contributed by atoms with van der Waals surface area (Å²) in [6.07, 6.45) is 4.49. The quantitative estimate of drug-likeness (QED) is 0.439. The lowest BCUT2D eigenvalue weighted by Crippen LogP contribution is -2.31. The molecule has 5 atom stereocenters. The predicted octanol–water partition coefficient (Wildman–Crippen LogP) is 1.18. The maximum atomic E-state index is 5.52. The van der Waals surface area contributed by atoms with Crippen LogP contribution in [0.25, 0.3) is 0 Å². The van der Waals surface area contributed by atoms with E-state index in [-0.39, 0.29) is 0 Å². The van der Waals surface area contributed by atoms with Crippen LogP contribution >= 0.6 is 0 Å². The Labute approximate surface area is 54.4 Å². The smallest absolute Gasteiger partial charge is 0.0906 e. The zero-order chi connectivity index (χ0) is 5.85. The van der Waals surface area contributed by atoms with Gasteiger partial charge in [0.15, 0.2) is 0 Å². The molecule has 4 unspecified atom stereocenters. The number of hydrogen-bond donors (Lipinski definition) is 0. The lowest BCUT2D eigenvalue weighted by Gasteiger charge is -2.34. The molecule has 0 aromatic heterocycles. The van der Waals surface area contributed by atoms with E-state index in [0.717, 1.165) is 29.0 Å². The van der Waals surface area contributed by atoms with Crippen LogP contribution in [0.15, 0.2) is 0 Å². The summed E-state index contributed by atoms with van der Waals surface area (Å²) in [6, 6.07) is 0. The van der Waals surface area contributed by atoms with Gasteiger partial charge in [0.25, 0.3) is 0 Å². The van der Waals surface area contributed by atoms with Crippen molar-refractivity contribution in [2.45, 2.75) is 32.0 Å². The van der Waals surface area contributed by atoms with Crippen molar-refractivity contribution in [1.82, 2.24) is 0 Å². The van der Waals surface area contributed by atoms with E-state index in [1.54, 1.807) is 0 Å². The maximum Gasteiger partial charge on any atom is 0.0906 e. The molecular formula is C8H10O. The number of fused-ring (bicyclic) bond motifs is 2. The van der Waals surface area contributed by atoms with Gasteiger partial charge >= 0.3 is 0 Å². The molecule has 3 saturated carbocycles. The van der Waals surface area contributed by atoms with E-state index < -0.39 is 0 Å². The normalized spacial score (nSPS) is 87.0. The Hall–Kier alpha value is -0.0400. The van der Waals surface area contributed by atoms with Crippen molar-refractivity contribution in [2.75, 3.05) is 0 Å². The van der Waals surface area contributed by atoms with E-state index in [1.165, 1.54) is 12.8 Å². The third-order valence-electron chi connectivity index (χ3n) is 4.56. The Balaban J connectivity index is 2.02. The largest absolute Gasteiger partial charge is 0.369 e. The van der Waals surface area contributed by atoms with E-state index in [0.29, 0.717) is 0 Å². The summed E-state index contributed by atoms with van der Waals surface area (Å²) >= 11 is 0. The van der Waals surface area contributed by atoms with Crippen molar-refractivity contribution in [3.8, 4) is 0 Å². The molecule has 48 valence electrons. The second kappa shape index (κ2) is 0.672. The van der Waals surface area contributed by atoms with Gasteiger partial charge in [-0.1, -0.05) is 6.92 Å². The SMILES string of the molecule is CC12CC13C[C@H]2C1OC13. The van der Waals surface area contributed by atoms with E-state index >= 15 is 0 Å². The molecule has 0 spiro atoms. The monoisotopic (exact) mass is 122 g/mol.